The summed E-state index contributed by atoms with van der Waals surface area (Å²) >= 11 is 5.53. The van der Waals surface area contributed by atoms with E-state index in [-0.39, 0.29) is 5.56 Å². The van der Waals surface area contributed by atoms with Crippen molar-refractivity contribution in [2.45, 2.75) is 26.7 Å². The summed E-state index contributed by atoms with van der Waals surface area (Å²) in [5.41, 5.74) is 1.98. The van der Waals surface area contributed by atoms with Gasteiger partial charge in [0.2, 0.25) is 0 Å². The number of hydrogen-bond acceptors (Lipinski definition) is 2. The molecule has 0 aliphatic heterocycles. The van der Waals surface area contributed by atoms with Crippen LogP contribution in [0, 0.1) is 9.49 Å². The summed E-state index contributed by atoms with van der Waals surface area (Å²) in [6.07, 6.45) is 1.46. The van der Waals surface area contributed by atoms with Crippen LogP contribution in [-0.2, 0) is 12.8 Å². The minimum absolute atomic E-state index is 0.0405. The predicted molar refractivity (Wildman–Crippen MR) is 93.1 cm³/mol. The van der Waals surface area contributed by atoms with E-state index in [1.54, 1.807) is 0 Å². The van der Waals surface area contributed by atoms with Gasteiger partial charge < -0.3 is 4.98 Å². The molecule has 1 N–H and O–H groups in total. The normalized spacial score (nSPS) is 11.1. The number of aromatic nitrogens is 2. The van der Waals surface area contributed by atoms with Crippen LogP contribution in [0.2, 0.25) is 0 Å². The van der Waals surface area contributed by atoms with Crippen molar-refractivity contribution in [3.63, 3.8) is 0 Å². The highest BCUT2D eigenvalue weighted by molar-refractivity contribution is 14.1. The second-order valence-corrected chi connectivity index (χ2v) is 7.17. The molecule has 3 nitrogen and oxygen atoms in total. The van der Waals surface area contributed by atoms with Crippen molar-refractivity contribution in [1.29, 1.82) is 0 Å². The fourth-order valence-corrected chi connectivity index (χ4v) is 2.93. The lowest BCUT2D eigenvalue weighted by Gasteiger charge is -2.09. The van der Waals surface area contributed by atoms with Crippen molar-refractivity contribution in [2.75, 3.05) is 0 Å². The molecular weight excluding hydrogens is 431 g/mol. The van der Waals surface area contributed by atoms with Crippen molar-refractivity contribution in [3.8, 4) is 0 Å². The van der Waals surface area contributed by atoms with Crippen LogP contribution in [0.3, 0.4) is 0 Å². The van der Waals surface area contributed by atoms with Crippen LogP contribution in [0.15, 0.2) is 33.5 Å². The molecule has 106 valence electrons. The third kappa shape index (κ3) is 4.15. The number of benzene rings is 1. The third-order valence-corrected chi connectivity index (χ3v) is 4.45. The molecule has 0 saturated carbocycles. The molecule has 0 fully saturated rings. The Labute approximate surface area is 140 Å². The first-order chi connectivity index (χ1) is 9.45. The molecule has 5 heteroatoms. The summed E-state index contributed by atoms with van der Waals surface area (Å²) in [7, 11) is 0. The number of halogens is 2. The molecule has 2 rings (SSSR count). The molecule has 0 unspecified atom stereocenters. The fourth-order valence-electron chi connectivity index (χ4n) is 2.00. The van der Waals surface area contributed by atoms with Crippen LogP contribution in [0.25, 0.3) is 0 Å². The third-order valence-electron chi connectivity index (χ3n) is 2.84. The van der Waals surface area contributed by atoms with E-state index in [1.807, 2.05) is 24.3 Å². The molecule has 20 heavy (non-hydrogen) atoms. The highest BCUT2D eigenvalue weighted by atomic mass is 127. The zero-order valence-electron chi connectivity index (χ0n) is 11.4. The Morgan fingerprint density at radius 2 is 2.15 bits per heavy atom. The minimum atomic E-state index is -0.0405. The summed E-state index contributed by atoms with van der Waals surface area (Å²) in [5, 5.41) is 0. The van der Waals surface area contributed by atoms with Gasteiger partial charge in [-0.1, -0.05) is 41.9 Å². The van der Waals surface area contributed by atoms with Gasteiger partial charge in [-0.25, -0.2) is 4.98 Å². The monoisotopic (exact) mass is 446 g/mol. The molecule has 1 aromatic heterocycles. The molecule has 0 amide bonds. The lowest BCUT2D eigenvalue weighted by atomic mass is 10.1. The van der Waals surface area contributed by atoms with Crippen LogP contribution in [0.1, 0.15) is 30.9 Å². The second-order valence-electron chi connectivity index (χ2n) is 5.18. The Kier molecular flexibility index (Phi) is 5.37. The topological polar surface area (TPSA) is 45.8 Å². The Bertz CT molecular complexity index is 667. The van der Waals surface area contributed by atoms with Gasteiger partial charge in [0.25, 0.3) is 5.56 Å². The van der Waals surface area contributed by atoms with Crippen molar-refractivity contribution in [1.82, 2.24) is 9.97 Å². The first-order valence-electron chi connectivity index (χ1n) is 6.47. The van der Waals surface area contributed by atoms with Crippen molar-refractivity contribution >= 4 is 38.5 Å². The van der Waals surface area contributed by atoms with Crippen molar-refractivity contribution in [2.24, 2.45) is 5.92 Å². The summed E-state index contributed by atoms with van der Waals surface area (Å²) in [4.78, 5) is 19.5. The van der Waals surface area contributed by atoms with E-state index in [0.717, 1.165) is 28.0 Å². The molecule has 0 radical (unpaired) electrons. The highest BCUT2D eigenvalue weighted by Gasteiger charge is 2.11. The largest absolute Gasteiger partial charge is 0.309 e. The van der Waals surface area contributed by atoms with Gasteiger partial charge in [-0.15, -0.1) is 0 Å². The highest BCUT2D eigenvalue weighted by Crippen LogP contribution is 2.15. The Hall–Kier alpha value is -0.690. The van der Waals surface area contributed by atoms with E-state index >= 15 is 0 Å². The summed E-state index contributed by atoms with van der Waals surface area (Å²) in [6.45, 7) is 4.26. The summed E-state index contributed by atoms with van der Waals surface area (Å²) in [6, 6.07) is 8.04. The van der Waals surface area contributed by atoms with Gasteiger partial charge in [0, 0.05) is 10.9 Å². The fraction of sp³-hybridized carbons (Fsp3) is 0.333. The number of aromatic amines is 1. The van der Waals surface area contributed by atoms with E-state index in [0.29, 0.717) is 15.9 Å². The maximum absolute atomic E-state index is 12.0. The molecule has 2 aromatic rings. The molecule has 0 atom stereocenters. The van der Waals surface area contributed by atoms with Crippen molar-refractivity contribution < 1.29 is 0 Å². The van der Waals surface area contributed by atoms with Gasteiger partial charge in [-0.05, 0) is 52.6 Å². The molecule has 0 aliphatic rings. The number of H-pyrrole nitrogens is 1. The first-order valence-corrected chi connectivity index (χ1v) is 8.35. The van der Waals surface area contributed by atoms with Gasteiger partial charge in [0.05, 0.1) is 9.26 Å². The molecule has 0 bridgehead atoms. The zero-order valence-corrected chi connectivity index (χ0v) is 15.2. The van der Waals surface area contributed by atoms with Crippen LogP contribution in [-0.4, -0.2) is 9.97 Å². The Morgan fingerprint density at radius 3 is 2.80 bits per heavy atom. The average Bonchev–Trinajstić information content (AvgIpc) is 2.35. The number of nitrogens with zero attached hydrogens (tertiary/aromatic N) is 1. The molecule has 0 aliphatic carbocycles. The molecular formula is C15H16BrIN2O. The lowest BCUT2D eigenvalue weighted by Crippen LogP contribution is -2.19. The summed E-state index contributed by atoms with van der Waals surface area (Å²) < 4.78 is 1.74. The first kappa shape index (κ1) is 15.7. The zero-order chi connectivity index (χ0) is 14.7. The van der Waals surface area contributed by atoms with Crippen LogP contribution in [0.5, 0.6) is 0 Å². The molecule has 0 spiro atoms. The van der Waals surface area contributed by atoms with E-state index in [1.165, 1.54) is 0 Å². The van der Waals surface area contributed by atoms with Gasteiger partial charge in [-0.2, -0.15) is 0 Å². The Morgan fingerprint density at radius 1 is 1.40 bits per heavy atom. The minimum Gasteiger partial charge on any atom is -0.309 e. The second kappa shape index (κ2) is 6.85. The summed E-state index contributed by atoms with van der Waals surface area (Å²) in [5.74, 6) is 1.21. The standard InChI is InChI=1S/C15H16BrIN2O/c1-9(2)6-12-14(17)15(20)19-13(18-12)8-10-4-3-5-11(16)7-10/h3-5,7,9H,6,8H2,1-2H3,(H,18,19,20). The van der Waals surface area contributed by atoms with E-state index in [9.17, 15) is 4.79 Å². The van der Waals surface area contributed by atoms with E-state index in [2.05, 4.69) is 62.3 Å². The van der Waals surface area contributed by atoms with Gasteiger partial charge in [-0.3, -0.25) is 4.79 Å². The van der Waals surface area contributed by atoms with Crippen LogP contribution in [0.4, 0.5) is 0 Å². The van der Waals surface area contributed by atoms with Gasteiger partial charge in [0.1, 0.15) is 5.82 Å². The van der Waals surface area contributed by atoms with Gasteiger partial charge in [0.15, 0.2) is 0 Å². The molecule has 1 heterocycles. The lowest BCUT2D eigenvalue weighted by molar-refractivity contribution is 0.626. The quantitative estimate of drug-likeness (QED) is 0.723. The SMILES string of the molecule is CC(C)Cc1nc(Cc2cccc(Br)c2)[nH]c(=O)c1I. The predicted octanol–water partition coefficient (Wildman–Crippen LogP) is 3.93. The van der Waals surface area contributed by atoms with Gasteiger partial charge >= 0.3 is 0 Å². The smallest absolute Gasteiger partial charge is 0.264 e. The maximum atomic E-state index is 12.0. The molecule has 0 saturated heterocycles. The number of rotatable bonds is 4. The molecule has 1 aromatic carbocycles. The Balaban J connectivity index is 2.33. The number of hydrogen-bond donors (Lipinski definition) is 1. The van der Waals surface area contributed by atoms with E-state index in [4.69, 9.17) is 0 Å². The van der Waals surface area contributed by atoms with Crippen LogP contribution < -0.4 is 5.56 Å². The van der Waals surface area contributed by atoms with Crippen LogP contribution >= 0.6 is 38.5 Å². The number of nitrogens with one attached hydrogen (secondary N) is 1. The van der Waals surface area contributed by atoms with E-state index < -0.39 is 0 Å². The average molecular weight is 447 g/mol. The maximum Gasteiger partial charge on any atom is 0.264 e. The van der Waals surface area contributed by atoms with Crippen molar-refractivity contribution in [3.05, 3.63) is 59.7 Å².